The number of hydrogen-bond donors (Lipinski definition) is 0. The molecule has 0 aromatic heterocycles. The number of carbonyl (C=O) groups is 2. The monoisotopic (exact) mass is 398 g/mol. The Hall–Kier alpha value is -1.19. The highest BCUT2D eigenvalue weighted by Crippen LogP contribution is 2.82. The molecule has 0 aromatic rings. The maximum Gasteiger partial charge on any atom is 0.306 e. The number of allylic oxidation sites excluding steroid dienone is 1. The van der Waals surface area contributed by atoms with Gasteiger partial charge in [0.1, 0.15) is 11.8 Å². The average molecular weight is 399 g/mol. The number of halogens is 1. The summed E-state index contributed by atoms with van der Waals surface area (Å²) in [6.07, 6.45) is 8.84. The maximum absolute atomic E-state index is 16.2. The van der Waals surface area contributed by atoms with Crippen molar-refractivity contribution in [2.45, 2.75) is 83.4 Å². The van der Waals surface area contributed by atoms with E-state index in [9.17, 15) is 9.59 Å². The third-order valence-corrected chi connectivity index (χ3v) is 11.1. The molecule has 2 spiro atoms. The second kappa shape index (κ2) is 4.83. The van der Waals surface area contributed by atoms with Gasteiger partial charge in [0.25, 0.3) is 0 Å². The molecule has 1 heterocycles. The van der Waals surface area contributed by atoms with Crippen molar-refractivity contribution in [3.63, 3.8) is 0 Å². The fourth-order valence-corrected chi connectivity index (χ4v) is 10.0. The second-order valence-electron chi connectivity index (χ2n) is 12.1. The van der Waals surface area contributed by atoms with Crippen LogP contribution in [0.2, 0.25) is 0 Å². The molecule has 0 radical (unpaired) electrons. The molecule has 9 atom stereocenters. The number of esters is 1. The number of alkyl halides is 1. The van der Waals surface area contributed by atoms with E-state index in [2.05, 4.69) is 13.8 Å². The van der Waals surface area contributed by atoms with Crippen LogP contribution in [0, 0.1) is 45.8 Å². The number of hydrogen-bond acceptors (Lipinski definition) is 3. The molecule has 156 valence electrons. The standard InChI is InChI=1S/C25H31FO3/c1-22-5-3-13(27)9-18(22)24(7-8-24)11-15-20-14-10-16(14)25(6-4-19(28)29-25)23(20,2)12-17(26)21(15)22/h9,14-17,20-21H,3-8,10-12H2,1-2H3/t14?,15?,16?,17-,20?,21?,22-,23-,25-/m0/s1. The van der Waals surface area contributed by atoms with Crippen molar-refractivity contribution in [3.8, 4) is 0 Å². The Kier molecular flexibility index (Phi) is 2.91. The molecular formula is C25H31FO3. The lowest BCUT2D eigenvalue weighted by atomic mass is 9.42. The summed E-state index contributed by atoms with van der Waals surface area (Å²) < 4.78 is 22.3. The van der Waals surface area contributed by atoms with E-state index in [1.807, 2.05) is 6.08 Å². The number of fused-ring (bicyclic) bond motifs is 10. The fraction of sp³-hybridized carbons (Fsp3) is 0.840. The van der Waals surface area contributed by atoms with Crippen LogP contribution < -0.4 is 0 Å². The highest BCUT2D eigenvalue weighted by atomic mass is 19.1. The van der Waals surface area contributed by atoms with Gasteiger partial charge in [-0.1, -0.05) is 19.4 Å². The van der Waals surface area contributed by atoms with Gasteiger partial charge in [0, 0.05) is 30.1 Å². The Balaban J connectivity index is 1.36. The maximum atomic E-state index is 16.2. The highest BCUT2D eigenvalue weighted by Gasteiger charge is 2.81. The Labute approximate surface area is 171 Å². The molecule has 6 aliphatic carbocycles. The van der Waals surface area contributed by atoms with Gasteiger partial charge >= 0.3 is 5.97 Å². The topological polar surface area (TPSA) is 43.4 Å². The summed E-state index contributed by atoms with van der Waals surface area (Å²) in [6.45, 7) is 4.55. The van der Waals surface area contributed by atoms with E-state index in [-0.39, 0.29) is 33.9 Å². The molecule has 0 bridgehead atoms. The van der Waals surface area contributed by atoms with Gasteiger partial charge in [-0.15, -0.1) is 0 Å². The van der Waals surface area contributed by atoms with Crippen LogP contribution in [0.15, 0.2) is 11.6 Å². The smallest absolute Gasteiger partial charge is 0.306 e. The number of ether oxygens (including phenoxy) is 1. The SMILES string of the molecule is C[C@]12CCC(=O)C=C1C1(CC1)CC1C2[C@@H](F)C[C@@]2(C)C1C1CC1[C@@]21CCC(=O)O1. The van der Waals surface area contributed by atoms with Crippen molar-refractivity contribution in [3.05, 3.63) is 11.6 Å². The molecule has 5 saturated carbocycles. The largest absolute Gasteiger partial charge is 0.458 e. The van der Waals surface area contributed by atoms with Crippen LogP contribution in [0.1, 0.15) is 71.6 Å². The van der Waals surface area contributed by atoms with Gasteiger partial charge in [-0.3, -0.25) is 9.59 Å². The minimum atomic E-state index is -0.868. The molecular weight excluding hydrogens is 367 g/mol. The van der Waals surface area contributed by atoms with Crippen LogP contribution in [0.5, 0.6) is 0 Å². The van der Waals surface area contributed by atoms with E-state index in [1.165, 1.54) is 24.8 Å². The van der Waals surface area contributed by atoms with Gasteiger partial charge in [-0.2, -0.15) is 0 Å². The third-order valence-electron chi connectivity index (χ3n) is 11.1. The minimum absolute atomic E-state index is 0.0275. The molecule has 7 rings (SSSR count). The normalized spacial score (nSPS) is 58.2. The zero-order valence-corrected chi connectivity index (χ0v) is 17.5. The van der Waals surface area contributed by atoms with E-state index in [1.54, 1.807) is 0 Å². The fourth-order valence-electron chi connectivity index (χ4n) is 10.0. The van der Waals surface area contributed by atoms with Gasteiger partial charge < -0.3 is 4.74 Å². The molecule has 1 saturated heterocycles. The minimum Gasteiger partial charge on any atom is -0.458 e. The molecule has 1 aliphatic heterocycles. The average Bonchev–Trinajstić information content (AvgIpc) is 3.55. The first-order valence-corrected chi connectivity index (χ1v) is 11.9. The zero-order valence-electron chi connectivity index (χ0n) is 17.5. The van der Waals surface area contributed by atoms with Crippen LogP contribution in [0.3, 0.4) is 0 Å². The third kappa shape index (κ3) is 1.80. The molecule has 0 N–H and O–H groups in total. The van der Waals surface area contributed by atoms with Crippen LogP contribution >= 0.6 is 0 Å². The summed E-state index contributed by atoms with van der Waals surface area (Å²) >= 11 is 0. The van der Waals surface area contributed by atoms with E-state index in [4.69, 9.17) is 4.74 Å². The lowest BCUT2D eigenvalue weighted by Gasteiger charge is -2.62. The van der Waals surface area contributed by atoms with Gasteiger partial charge in [-0.25, -0.2) is 4.39 Å². The van der Waals surface area contributed by atoms with Gasteiger partial charge in [0.05, 0.1) is 0 Å². The first-order chi connectivity index (χ1) is 13.7. The molecule has 7 aliphatic rings. The van der Waals surface area contributed by atoms with E-state index in [0.29, 0.717) is 42.9 Å². The molecule has 0 amide bonds. The molecule has 29 heavy (non-hydrogen) atoms. The summed E-state index contributed by atoms with van der Waals surface area (Å²) in [5, 5.41) is 0. The Bertz CT molecular complexity index is 888. The first-order valence-electron chi connectivity index (χ1n) is 11.9. The van der Waals surface area contributed by atoms with Crippen LogP contribution in [0.4, 0.5) is 4.39 Å². The highest BCUT2D eigenvalue weighted by molar-refractivity contribution is 5.92. The predicted molar refractivity (Wildman–Crippen MR) is 104 cm³/mol. The lowest BCUT2D eigenvalue weighted by molar-refractivity contribution is -0.189. The van der Waals surface area contributed by atoms with Crippen molar-refractivity contribution in [2.75, 3.05) is 0 Å². The zero-order chi connectivity index (χ0) is 20.0. The van der Waals surface area contributed by atoms with Gasteiger partial charge in [0.2, 0.25) is 0 Å². The van der Waals surface area contributed by atoms with Crippen LogP contribution in [0.25, 0.3) is 0 Å². The lowest BCUT2D eigenvalue weighted by Crippen LogP contribution is -2.61. The van der Waals surface area contributed by atoms with E-state index < -0.39 is 11.8 Å². The molecule has 5 unspecified atom stereocenters. The summed E-state index contributed by atoms with van der Waals surface area (Å²) in [5.74, 6) is 2.13. The quantitative estimate of drug-likeness (QED) is 0.551. The van der Waals surface area contributed by atoms with E-state index >= 15 is 4.39 Å². The molecule has 3 nitrogen and oxygen atoms in total. The molecule has 6 fully saturated rings. The van der Waals surface area contributed by atoms with Crippen LogP contribution in [-0.2, 0) is 14.3 Å². The summed E-state index contributed by atoms with van der Waals surface area (Å²) in [5.41, 5.74) is 0.689. The van der Waals surface area contributed by atoms with Crippen molar-refractivity contribution in [1.29, 1.82) is 0 Å². The Morgan fingerprint density at radius 3 is 2.48 bits per heavy atom. The van der Waals surface area contributed by atoms with Crippen molar-refractivity contribution < 1.29 is 18.7 Å². The Morgan fingerprint density at radius 1 is 1.00 bits per heavy atom. The summed E-state index contributed by atoms with van der Waals surface area (Å²) in [7, 11) is 0. The van der Waals surface area contributed by atoms with Crippen molar-refractivity contribution in [2.24, 2.45) is 45.8 Å². The van der Waals surface area contributed by atoms with Crippen LogP contribution in [-0.4, -0.2) is 23.5 Å². The number of ketones is 1. The summed E-state index contributed by atoms with van der Waals surface area (Å²) in [4.78, 5) is 24.5. The van der Waals surface area contributed by atoms with E-state index in [0.717, 1.165) is 19.3 Å². The Morgan fingerprint density at radius 2 is 1.79 bits per heavy atom. The van der Waals surface area contributed by atoms with Gasteiger partial charge in [0.15, 0.2) is 5.78 Å². The van der Waals surface area contributed by atoms with Crippen molar-refractivity contribution in [1.82, 2.24) is 0 Å². The molecule has 4 heteroatoms. The molecule has 0 aromatic carbocycles. The first kappa shape index (κ1) is 17.5. The number of carbonyl (C=O) groups excluding carboxylic acids is 2. The number of rotatable bonds is 0. The summed E-state index contributed by atoms with van der Waals surface area (Å²) in [6, 6.07) is 0. The second-order valence-corrected chi connectivity index (χ2v) is 12.1. The predicted octanol–water partition coefficient (Wildman–Crippen LogP) is 4.79. The van der Waals surface area contributed by atoms with Gasteiger partial charge in [-0.05, 0) is 79.6 Å². The van der Waals surface area contributed by atoms with Crippen molar-refractivity contribution >= 4 is 11.8 Å².